The minimum atomic E-state index is 0.526. The van der Waals surface area contributed by atoms with Crippen molar-refractivity contribution in [1.82, 2.24) is 29.8 Å². The number of aromatic nitrogens is 6. The lowest BCUT2D eigenvalue weighted by Gasteiger charge is -2.36. The average molecular weight is 407 g/mol. The van der Waals surface area contributed by atoms with E-state index in [1.807, 2.05) is 10.6 Å². The van der Waals surface area contributed by atoms with Crippen LogP contribution in [0, 0.1) is 0 Å². The number of piperazine rings is 1. The first-order chi connectivity index (χ1) is 14.8. The van der Waals surface area contributed by atoms with Crippen LogP contribution in [0.5, 0.6) is 0 Å². The van der Waals surface area contributed by atoms with E-state index in [-0.39, 0.29) is 0 Å². The summed E-state index contributed by atoms with van der Waals surface area (Å²) in [4.78, 5) is 15.9. The smallest absolute Gasteiger partial charge is 0.178 e. The number of hydrogen-bond donors (Lipinski definition) is 0. The molecule has 10 heteroatoms. The van der Waals surface area contributed by atoms with Crippen LogP contribution < -0.4 is 14.7 Å². The Bertz CT molecular complexity index is 1040. The van der Waals surface area contributed by atoms with E-state index in [4.69, 9.17) is 9.84 Å². The van der Waals surface area contributed by atoms with E-state index in [0.29, 0.717) is 5.92 Å². The van der Waals surface area contributed by atoms with Crippen molar-refractivity contribution in [2.75, 3.05) is 67.2 Å². The summed E-state index contributed by atoms with van der Waals surface area (Å²) in [5, 5.41) is 13.5. The molecule has 0 radical (unpaired) electrons. The molecule has 30 heavy (non-hydrogen) atoms. The van der Waals surface area contributed by atoms with Crippen molar-refractivity contribution in [1.29, 1.82) is 0 Å². The van der Waals surface area contributed by atoms with Crippen molar-refractivity contribution in [3.8, 4) is 0 Å². The zero-order valence-corrected chi connectivity index (χ0v) is 16.9. The van der Waals surface area contributed by atoms with Crippen molar-refractivity contribution in [2.45, 2.75) is 18.8 Å². The van der Waals surface area contributed by atoms with Crippen molar-refractivity contribution >= 4 is 23.1 Å². The van der Waals surface area contributed by atoms with E-state index in [1.165, 1.54) is 12.8 Å². The van der Waals surface area contributed by atoms with E-state index in [2.05, 4.69) is 47.0 Å². The molecular formula is C20H25N9O. The quantitative estimate of drug-likeness (QED) is 0.627. The Morgan fingerprint density at radius 3 is 2.13 bits per heavy atom. The summed E-state index contributed by atoms with van der Waals surface area (Å²) in [5.74, 6) is 4.49. The summed E-state index contributed by atoms with van der Waals surface area (Å²) in [6.45, 7) is 6.86. The number of hydrogen-bond acceptors (Lipinski definition) is 9. The Morgan fingerprint density at radius 1 is 0.767 bits per heavy atom. The Morgan fingerprint density at radius 2 is 1.43 bits per heavy atom. The Labute approximate surface area is 174 Å². The van der Waals surface area contributed by atoms with Gasteiger partial charge in [-0.05, 0) is 25.0 Å². The molecule has 0 spiro atoms. The Kier molecular flexibility index (Phi) is 4.37. The SMILES string of the molecule is c1nc(N2CCOCC2)cc(N2CCN(c3ccc4nnc(C5CC5)n4n3)CC2)n1. The number of ether oxygens (including phenoxy) is 1. The lowest BCUT2D eigenvalue weighted by atomic mass is 10.3. The lowest BCUT2D eigenvalue weighted by Crippen LogP contribution is -2.47. The molecule has 1 aliphatic carbocycles. The van der Waals surface area contributed by atoms with E-state index in [0.717, 1.165) is 81.4 Å². The maximum absolute atomic E-state index is 5.45. The summed E-state index contributed by atoms with van der Waals surface area (Å²) in [6.07, 6.45) is 4.06. The third-order valence-corrected chi connectivity index (χ3v) is 6.12. The van der Waals surface area contributed by atoms with Gasteiger partial charge < -0.3 is 19.4 Å². The van der Waals surface area contributed by atoms with Crippen LogP contribution in [0.15, 0.2) is 24.5 Å². The van der Waals surface area contributed by atoms with E-state index >= 15 is 0 Å². The number of anilines is 3. The fraction of sp³-hybridized carbons (Fsp3) is 0.550. The standard InChI is InChI=1S/C20H25N9O/c1-2-15(1)20-24-23-16-3-4-17(25-29(16)20)26-5-7-27(8-6-26)18-13-19(22-14-21-18)28-9-11-30-12-10-28/h3-4,13-15H,1-2,5-12H2. The van der Waals surface area contributed by atoms with E-state index < -0.39 is 0 Å². The highest BCUT2D eigenvalue weighted by molar-refractivity contribution is 5.52. The second-order valence-corrected chi connectivity index (χ2v) is 8.10. The van der Waals surface area contributed by atoms with Gasteiger partial charge in [0.2, 0.25) is 0 Å². The van der Waals surface area contributed by atoms with Crippen LogP contribution in [0.25, 0.3) is 5.65 Å². The second-order valence-electron chi connectivity index (χ2n) is 8.10. The third kappa shape index (κ3) is 3.30. The van der Waals surface area contributed by atoms with Gasteiger partial charge in [-0.1, -0.05) is 0 Å². The van der Waals surface area contributed by atoms with Gasteiger partial charge in [0.15, 0.2) is 11.5 Å². The van der Waals surface area contributed by atoms with Gasteiger partial charge in [-0.2, -0.15) is 4.52 Å². The first-order valence-corrected chi connectivity index (χ1v) is 10.7. The first kappa shape index (κ1) is 17.8. The average Bonchev–Trinajstić information content (AvgIpc) is 3.58. The molecule has 3 fully saturated rings. The Balaban J connectivity index is 1.16. The van der Waals surface area contributed by atoms with Gasteiger partial charge in [0.05, 0.1) is 13.2 Å². The monoisotopic (exact) mass is 407 g/mol. The molecule has 3 aliphatic rings. The maximum atomic E-state index is 5.45. The topological polar surface area (TPSA) is 87.8 Å². The maximum Gasteiger partial charge on any atom is 0.178 e. The number of fused-ring (bicyclic) bond motifs is 1. The van der Waals surface area contributed by atoms with Crippen LogP contribution in [0.1, 0.15) is 24.6 Å². The van der Waals surface area contributed by atoms with Crippen molar-refractivity contribution in [2.24, 2.45) is 0 Å². The third-order valence-electron chi connectivity index (χ3n) is 6.12. The normalized spacial score (nSPS) is 20.2. The molecular weight excluding hydrogens is 382 g/mol. The van der Waals surface area contributed by atoms with E-state index in [1.54, 1.807) is 6.33 Å². The summed E-state index contributed by atoms with van der Waals surface area (Å²) < 4.78 is 7.38. The molecule has 0 N–H and O–H groups in total. The van der Waals surface area contributed by atoms with Gasteiger partial charge in [0.1, 0.15) is 23.8 Å². The summed E-state index contributed by atoms with van der Waals surface area (Å²) >= 11 is 0. The van der Waals surface area contributed by atoms with E-state index in [9.17, 15) is 0 Å². The predicted octanol–water partition coefficient (Wildman–Crippen LogP) is 0.955. The summed E-state index contributed by atoms with van der Waals surface area (Å²) in [5.41, 5.74) is 0.830. The molecule has 0 unspecified atom stereocenters. The molecule has 0 atom stereocenters. The Hall–Kier alpha value is -3.01. The van der Waals surface area contributed by atoms with Gasteiger partial charge >= 0.3 is 0 Å². The molecule has 3 aromatic heterocycles. The highest BCUT2D eigenvalue weighted by Gasteiger charge is 2.29. The predicted molar refractivity (Wildman–Crippen MR) is 112 cm³/mol. The van der Waals surface area contributed by atoms with Crippen molar-refractivity contribution in [3.63, 3.8) is 0 Å². The molecule has 156 valence electrons. The molecule has 10 nitrogen and oxygen atoms in total. The number of rotatable bonds is 4. The van der Waals surface area contributed by atoms with Crippen LogP contribution in [-0.4, -0.2) is 82.3 Å². The molecule has 5 heterocycles. The molecule has 2 saturated heterocycles. The van der Waals surface area contributed by atoms with Crippen LogP contribution >= 0.6 is 0 Å². The number of morpholine rings is 1. The molecule has 3 aromatic rings. The van der Waals surface area contributed by atoms with Gasteiger partial charge in [0, 0.05) is 51.3 Å². The van der Waals surface area contributed by atoms with Gasteiger partial charge in [0.25, 0.3) is 0 Å². The lowest BCUT2D eigenvalue weighted by molar-refractivity contribution is 0.122. The summed E-state index contributed by atoms with van der Waals surface area (Å²) in [7, 11) is 0. The summed E-state index contributed by atoms with van der Waals surface area (Å²) in [6, 6.07) is 6.18. The fourth-order valence-corrected chi connectivity index (χ4v) is 4.20. The van der Waals surface area contributed by atoms with Crippen LogP contribution in [0.4, 0.5) is 17.5 Å². The molecule has 0 bridgehead atoms. The molecule has 2 aliphatic heterocycles. The highest BCUT2D eigenvalue weighted by atomic mass is 16.5. The minimum Gasteiger partial charge on any atom is -0.378 e. The highest BCUT2D eigenvalue weighted by Crippen LogP contribution is 2.38. The van der Waals surface area contributed by atoms with Crippen LogP contribution in [0.2, 0.25) is 0 Å². The molecule has 0 amide bonds. The second kappa shape index (κ2) is 7.35. The van der Waals surface area contributed by atoms with Gasteiger partial charge in [-0.25, -0.2) is 9.97 Å². The first-order valence-electron chi connectivity index (χ1n) is 10.7. The number of nitrogens with zero attached hydrogens (tertiary/aromatic N) is 9. The molecule has 1 saturated carbocycles. The van der Waals surface area contributed by atoms with Crippen molar-refractivity contribution in [3.05, 3.63) is 30.4 Å². The van der Waals surface area contributed by atoms with Gasteiger partial charge in [-0.15, -0.1) is 15.3 Å². The zero-order chi connectivity index (χ0) is 19.9. The van der Waals surface area contributed by atoms with Crippen LogP contribution in [0.3, 0.4) is 0 Å². The molecule has 0 aromatic carbocycles. The largest absolute Gasteiger partial charge is 0.378 e. The van der Waals surface area contributed by atoms with Crippen LogP contribution in [-0.2, 0) is 4.74 Å². The minimum absolute atomic E-state index is 0.526. The van der Waals surface area contributed by atoms with Crippen molar-refractivity contribution < 1.29 is 4.74 Å². The molecule has 6 rings (SSSR count). The van der Waals surface area contributed by atoms with Gasteiger partial charge in [-0.3, -0.25) is 0 Å². The fourth-order valence-electron chi connectivity index (χ4n) is 4.20. The zero-order valence-electron chi connectivity index (χ0n) is 16.9.